The Morgan fingerprint density at radius 2 is 2.05 bits per heavy atom. The molecule has 0 fully saturated rings. The molecule has 0 aliphatic rings. The molecule has 0 aliphatic heterocycles. The van der Waals surface area contributed by atoms with Crippen LogP contribution in [-0.4, -0.2) is 24.0 Å². The fourth-order valence-corrected chi connectivity index (χ4v) is 1.82. The standard InChI is InChI=1S/C16H24N4O2/c1-3-5-6-12-18-16(17-11-4-2)19-13-14-7-9-15(10-8-14)20(21)22/h4,7-10H,2-3,5-6,11-13H2,1H3,(H2,17,18,19). The second kappa shape index (κ2) is 10.4. The van der Waals surface area contributed by atoms with E-state index >= 15 is 0 Å². The minimum Gasteiger partial charge on any atom is -0.356 e. The number of nitrogens with one attached hydrogen (secondary N) is 2. The summed E-state index contributed by atoms with van der Waals surface area (Å²) in [5, 5.41) is 17.0. The Labute approximate surface area is 131 Å². The molecule has 0 heterocycles. The quantitative estimate of drug-likeness (QED) is 0.183. The van der Waals surface area contributed by atoms with E-state index in [1.807, 2.05) is 0 Å². The van der Waals surface area contributed by atoms with Crippen LogP contribution in [0.15, 0.2) is 41.9 Å². The van der Waals surface area contributed by atoms with Crippen molar-refractivity contribution in [2.24, 2.45) is 4.99 Å². The number of non-ortho nitro benzene ring substituents is 1. The number of nitrogens with zero attached hydrogens (tertiary/aromatic N) is 2. The molecular formula is C16H24N4O2. The van der Waals surface area contributed by atoms with Crippen LogP contribution >= 0.6 is 0 Å². The fourth-order valence-electron chi connectivity index (χ4n) is 1.82. The first kappa shape index (κ1) is 17.7. The molecule has 0 saturated carbocycles. The molecule has 1 aromatic rings. The molecule has 0 unspecified atom stereocenters. The highest BCUT2D eigenvalue weighted by atomic mass is 16.6. The summed E-state index contributed by atoms with van der Waals surface area (Å²) in [7, 11) is 0. The van der Waals surface area contributed by atoms with Gasteiger partial charge in [-0.05, 0) is 12.0 Å². The van der Waals surface area contributed by atoms with Crippen LogP contribution in [0.1, 0.15) is 31.7 Å². The number of guanidine groups is 1. The first-order valence-corrected chi connectivity index (χ1v) is 7.53. The van der Waals surface area contributed by atoms with Crippen molar-refractivity contribution in [3.05, 3.63) is 52.6 Å². The summed E-state index contributed by atoms with van der Waals surface area (Å²) < 4.78 is 0. The third-order valence-electron chi connectivity index (χ3n) is 3.05. The zero-order chi connectivity index (χ0) is 16.2. The topological polar surface area (TPSA) is 79.6 Å². The summed E-state index contributed by atoms with van der Waals surface area (Å²) in [6, 6.07) is 6.44. The van der Waals surface area contributed by atoms with Gasteiger partial charge in [-0.15, -0.1) is 6.58 Å². The van der Waals surface area contributed by atoms with Crippen LogP contribution in [0.5, 0.6) is 0 Å². The van der Waals surface area contributed by atoms with Gasteiger partial charge in [0.25, 0.3) is 5.69 Å². The number of hydrogen-bond donors (Lipinski definition) is 2. The normalized spacial score (nSPS) is 11.0. The first-order valence-electron chi connectivity index (χ1n) is 7.53. The van der Waals surface area contributed by atoms with E-state index in [1.54, 1.807) is 18.2 Å². The zero-order valence-corrected chi connectivity index (χ0v) is 13.0. The lowest BCUT2D eigenvalue weighted by atomic mass is 10.2. The molecule has 0 aliphatic carbocycles. The van der Waals surface area contributed by atoms with Gasteiger partial charge in [-0.3, -0.25) is 10.1 Å². The molecule has 1 rings (SSSR count). The van der Waals surface area contributed by atoms with E-state index in [1.165, 1.54) is 25.0 Å². The molecule has 6 nitrogen and oxygen atoms in total. The van der Waals surface area contributed by atoms with E-state index in [9.17, 15) is 10.1 Å². The predicted molar refractivity (Wildman–Crippen MR) is 90.0 cm³/mol. The van der Waals surface area contributed by atoms with Gasteiger partial charge in [0.1, 0.15) is 0 Å². The van der Waals surface area contributed by atoms with E-state index in [-0.39, 0.29) is 5.69 Å². The molecule has 0 saturated heterocycles. The largest absolute Gasteiger partial charge is 0.356 e. The molecule has 22 heavy (non-hydrogen) atoms. The molecule has 0 bridgehead atoms. The van der Waals surface area contributed by atoms with E-state index in [4.69, 9.17) is 0 Å². The maximum absolute atomic E-state index is 10.6. The van der Waals surface area contributed by atoms with Crippen LogP contribution in [0.3, 0.4) is 0 Å². The van der Waals surface area contributed by atoms with Crippen LogP contribution in [0.25, 0.3) is 0 Å². The fraction of sp³-hybridized carbons (Fsp3) is 0.438. The van der Waals surface area contributed by atoms with Crippen molar-refractivity contribution in [1.29, 1.82) is 0 Å². The number of aliphatic imine (C=N–C) groups is 1. The highest BCUT2D eigenvalue weighted by Gasteiger charge is 2.03. The van der Waals surface area contributed by atoms with Gasteiger partial charge in [0.15, 0.2) is 5.96 Å². The summed E-state index contributed by atoms with van der Waals surface area (Å²) in [5.41, 5.74) is 1.02. The minimum absolute atomic E-state index is 0.0930. The lowest BCUT2D eigenvalue weighted by Gasteiger charge is -2.11. The van der Waals surface area contributed by atoms with Crippen LogP contribution in [0, 0.1) is 10.1 Å². The molecule has 2 N–H and O–H groups in total. The third kappa shape index (κ3) is 6.88. The van der Waals surface area contributed by atoms with E-state index in [0.29, 0.717) is 13.1 Å². The van der Waals surface area contributed by atoms with Crippen molar-refractivity contribution in [2.75, 3.05) is 13.1 Å². The van der Waals surface area contributed by atoms with Gasteiger partial charge in [-0.2, -0.15) is 0 Å². The Morgan fingerprint density at radius 1 is 1.32 bits per heavy atom. The van der Waals surface area contributed by atoms with Gasteiger partial charge in [-0.25, -0.2) is 4.99 Å². The number of nitro benzene ring substituents is 1. The lowest BCUT2D eigenvalue weighted by molar-refractivity contribution is -0.384. The van der Waals surface area contributed by atoms with Gasteiger partial charge < -0.3 is 10.6 Å². The number of nitro groups is 1. The van der Waals surface area contributed by atoms with Crippen LogP contribution in [0.2, 0.25) is 0 Å². The molecule has 0 atom stereocenters. The molecule has 0 spiro atoms. The van der Waals surface area contributed by atoms with Crippen LogP contribution < -0.4 is 10.6 Å². The van der Waals surface area contributed by atoms with Crippen molar-refractivity contribution in [3.63, 3.8) is 0 Å². The smallest absolute Gasteiger partial charge is 0.269 e. The Balaban J connectivity index is 2.57. The van der Waals surface area contributed by atoms with Crippen molar-refractivity contribution >= 4 is 11.6 Å². The number of rotatable bonds is 9. The third-order valence-corrected chi connectivity index (χ3v) is 3.05. The van der Waals surface area contributed by atoms with E-state index < -0.39 is 4.92 Å². The summed E-state index contributed by atoms with van der Waals surface area (Å²) in [6.45, 7) is 7.83. The molecule has 0 radical (unpaired) electrons. The SMILES string of the molecule is C=CCNC(=NCc1ccc([N+](=O)[O-])cc1)NCCCCC. The maximum Gasteiger partial charge on any atom is 0.269 e. The van der Waals surface area contributed by atoms with Crippen molar-refractivity contribution in [1.82, 2.24) is 10.6 Å². The molecular weight excluding hydrogens is 280 g/mol. The van der Waals surface area contributed by atoms with E-state index in [0.717, 1.165) is 24.5 Å². The average molecular weight is 304 g/mol. The Hall–Kier alpha value is -2.37. The molecule has 0 amide bonds. The predicted octanol–water partition coefficient (Wildman–Crippen LogP) is 3.01. The summed E-state index contributed by atoms with van der Waals surface area (Å²) in [6.07, 6.45) is 5.24. The van der Waals surface area contributed by atoms with Gasteiger partial charge in [-0.1, -0.05) is 38.0 Å². The van der Waals surface area contributed by atoms with Crippen molar-refractivity contribution in [2.45, 2.75) is 32.7 Å². The van der Waals surface area contributed by atoms with Crippen LogP contribution in [0.4, 0.5) is 5.69 Å². The molecule has 6 heteroatoms. The first-order chi connectivity index (χ1) is 10.7. The summed E-state index contributed by atoms with van der Waals surface area (Å²) in [4.78, 5) is 14.7. The van der Waals surface area contributed by atoms with E-state index in [2.05, 4.69) is 29.1 Å². The highest BCUT2D eigenvalue weighted by Crippen LogP contribution is 2.12. The summed E-state index contributed by atoms with van der Waals surface area (Å²) >= 11 is 0. The number of unbranched alkanes of at least 4 members (excludes halogenated alkanes) is 2. The highest BCUT2D eigenvalue weighted by molar-refractivity contribution is 5.79. The van der Waals surface area contributed by atoms with Gasteiger partial charge in [0.05, 0.1) is 11.5 Å². The Kier molecular flexibility index (Phi) is 8.33. The van der Waals surface area contributed by atoms with Gasteiger partial charge in [0, 0.05) is 25.2 Å². The Morgan fingerprint density at radius 3 is 2.64 bits per heavy atom. The van der Waals surface area contributed by atoms with Crippen LogP contribution in [-0.2, 0) is 6.54 Å². The lowest BCUT2D eigenvalue weighted by Crippen LogP contribution is -2.38. The second-order valence-electron chi connectivity index (χ2n) is 4.89. The summed E-state index contributed by atoms with van der Waals surface area (Å²) in [5.74, 6) is 0.731. The second-order valence-corrected chi connectivity index (χ2v) is 4.89. The number of benzene rings is 1. The average Bonchev–Trinajstić information content (AvgIpc) is 2.53. The monoisotopic (exact) mass is 304 g/mol. The molecule has 1 aromatic carbocycles. The zero-order valence-electron chi connectivity index (χ0n) is 13.0. The van der Waals surface area contributed by atoms with Gasteiger partial charge in [0.2, 0.25) is 0 Å². The van der Waals surface area contributed by atoms with Crippen molar-refractivity contribution < 1.29 is 4.92 Å². The maximum atomic E-state index is 10.6. The number of hydrogen-bond acceptors (Lipinski definition) is 3. The minimum atomic E-state index is -0.403. The van der Waals surface area contributed by atoms with Crippen molar-refractivity contribution in [3.8, 4) is 0 Å². The Bertz CT molecular complexity index is 497. The molecule has 120 valence electrons. The van der Waals surface area contributed by atoms with Gasteiger partial charge >= 0.3 is 0 Å². The molecule has 0 aromatic heterocycles.